The Labute approximate surface area is 99.6 Å². The Morgan fingerprint density at radius 2 is 1.75 bits per heavy atom. The van der Waals surface area contributed by atoms with E-state index >= 15 is 0 Å². The lowest BCUT2D eigenvalue weighted by molar-refractivity contribution is -0.123. The molecule has 0 aliphatic rings. The van der Waals surface area contributed by atoms with Gasteiger partial charge in [0.05, 0.1) is 0 Å². The topological polar surface area (TPSA) is 49.3 Å². The van der Waals surface area contributed by atoms with E-state index in [9.17, 15) is 4.79 Å². The first-order valence-electron chi connectivity index (χ1n) is 5.96. The normalized spacial score (nSPS) is 14.7. The summed E-state index contributed by atoms with van der Waals surface area (Å²) < 4.78 is 0. The highest BCUT2D eigenvalue weighted by atomic mass is 16.3. The van der Waals surface area contributed by atoms with Gasteiger partial charge in [0.2, 0.25) is 5.91 Å². The van der Waals surface area contributed by atoms with Crippen molar-refractivity contribution in [1.29, 1.82) is 0 Å². The van der Waals surface area contributed by atoms with Gasteiger partial charge in [0.15, 0.2) is 0 Å². The Balaban J connectivity index is 4.02. The zero-order valence-electron chi connectivity index (χ0n) is 11.6. The molecule has 3 nitrogen and oxygen atoms in total. The summed E-state index contributed by atoms with van der Waals surface area (Å²) in [4.78, 5) is 11.7. The van der Waals surface area contributed by atoms with Gasteiger partial charge < -0.3 is 10.4 Å². The lowest BCUT2D eigenvalue weighted by Crippen LogP contribution is -2.37. The molecule has 0 aliphatic carbocycles. The molecule has 0 saturated heterocycles. The van der Waals surface area contributed by atoms with E-state index in [1.54, 1.807) is 0 Å². The molecule has 0 bridgehead atoms. The van der Waals surface area contributed by atoms with Gasteiger partial charge in [-0.2, -0.15) is 0 Å². The van der Waals surface area contributed by atoms with E-state index in [4.69, 9.17) is 5.11 Å². The third kappa shape index (κ3) is 6.11. The van der Waals surface area contributed by atoms with E-state index < -0.39 is 0 Å². The van der Waals surface area contributed by atoms with Crippen molar-refractivity contribution in [2.24, 2.45) is 16.7 Å². The minimum Gasteiger partial charge on any atom is -0.396 e. The second-order valence-corrected chi connectivity index (χ2v) is 6.57. The van der Waals surface area contributed by atoms with Crippen molar-refractivity contribution < 1.29 is 9.90 Å². The van der Waals surface area contributed by atoms with Gasteiger partial charge in [-0.05, 0) is 11.3 Å². The number of rotatable bonds is 5. The second kappa shape index (κ2) is 5.67. The van der Waals surface area contributed by atoms with Crippen LogP contribution in [0.1, 0.15) is 48.0 Å². The molecular formula is C13H27NO2. The first-order valence-corrected chi connectivity index (χ1v) is 5.96. The van der Waals surface area contributed by atoms with Gasteiger partial charge in [0.1, 0.15) is 0 Å². The van der Waals surface area contributed by atoms with Crippen LogP contribution in [0.5, 0.6) is 0 Å². The maximum Gasteiger partial charge on any atom is 0.220 e. The summed E-state index contributed by atoms with van der Waals surface area (Å²) in [6.45, 7) is 13.0. The van der Waals surface area contributed by atoms with Crippen LogP contribution in [-0.2, 0) is 4.79 Å². The lowest BCUT2D eigenvalue weighted by atomic mass is 9.80. The highest BCUT2D eigenvalue weighted by molar-refractivity contribution is 5.76. The van der Waals surface area contributed by atoms with Crippen LogP contribution < -0.4 is 5.32 Å². The number of hydrogen-bond acceptors (Lipinski definition) is 2. The van der Waals surface area contributed by atoms with E-state index in [2.05, 4.69) is 33.0 Å². The molecule has 0 aromatic rings. The van der Waals surface area contributed by atoms with E-state index in [-0.39, 0.29) is 23.3 Å². The molecule has 0 radical (unpaired) electrons. The molecule has 1 unspecified atom stereocenters. The molecule has 0 heterocycles. The van der Waals surface area contributed by atoms with Gasteiger partial charge in [-0.3, -0.25) is 4.79 Å². The lowest BCUT2D eigenvalue weighted by Gasteiger charge is -2.27. The summed E-state index contributed by atoms with van der Waals surface area (Å²) in [5.41, 5.74) is -0.0789. The molecule has 2 N–H and O–H groups in total. The molecule has 3 heteroatoms. The Kier molecular flexibility index (Phi) is 5.47. The Morgan fingerprint density at radius 3 is 2.12 bits per heavy atom. The monoisotopic (exact) mass is 229 g/mol. The summed E-state index contributed by atoms with van der Waals surface area (Å²) in [5.74, 6) is 0.425. The summed E-state index contributed by atoms with van der Waals surface area (Å²) in [6, 6.07) is 0. The molecule has 0 aromatic carbocycles. The zero-order chi connectivity index (χ0) is 13.0. The van der Waals surface area contributed by atoms with Crippen molar-refractivity contribution in [3.8, 4) is 0 Å². The second-order valence-electron chi connectivity index (χ2n) is 6.57. The highest BCUT2D eigenvalue weighted by Gasteiger charge is 2.23. The average Bonchev–Trinajstić information content (AvgIpc) is 2.13. The maximum atomic E-state index is 11.7. The Bertz CT molecular complexity index is 229. The fourth-order valence-corrected chi connectivity index (χ4v) is 1.05. The predicted molar refractivity (Wildman–Crippen MR) is 67.1 cm³/mol. The summed E-state index contributed by atoms with van der Waals surface area (Å²) >= 11 is 0. The molecule has 0 aliphatic heterocycles. The van der Waals surface area contributed by atoms with E-state index in [1.165, 1.54) is 0 Å². The van der Waals surface area contributed by atoms with Gasteiger partial charge >= 0.3 is 0 Å². The summed E-state index contributed by atoms with van der Waals surface area (Å²) in [5, 5.41) is 11.9. The largest absolute Gasteiger partial charge is 0.396 e. The number of nitrogens with one attached hydrogen (secondary N) is 1. The number of amides is 1. The highest BCUT2D eigenvalue weighted by Crippen LogP contribution is 2.27. The van der Waals surface area contributed by atoms with E-state index in [0.717, 1.165) is 0 Å². The molecule has 0 rings (SSSR count). The fourth-order valence-electron chi connectivity index (χ4n) is 1.05. The van der Waals surface area contributed by atoms with E-state index in [1.807, 2.05) is 13.8 Å². The first kappa shape index (κ1) is 15.4. The number of carbonyl (C=O) groups excluding carboxylic acids is 1. The van der Waals surface area contributed by atoms with Gasteiger partial charge in [-0.1, -0.05) is 41.5 Å². The number of aliphatic hydroxyl groups is 1. The van der Waals surface area contributed by atoms with Crippen molar-refractivity contribution in [1.82, 2.24) is 5.32 Å². The molecular weight excluding hydrogens is 202 g/mol. The summed E-state index contributed by atoms with van der Waals surface area (Å²) in [7, 11) is 0. The van der Waals surface area contributed by atoms with Crippen LogP contribution in [0.25, 0.3) is 0 Å². The average molecular weight is 229 g/mol. The quantitative estimate of drug-likeness (QED) is 0.759. The van der Waals surface area contributed by atoms with Gasteiger partial charge in [-0.25, -0.2) is 0 Å². The van der Waals surface area contributed by atoms with Gasteiger partial charge in [0.25, 0.3) is 0 Å². The predicted octanol–water partition coefficient (Wildman–Crippen LogP) is 2.19. The smallest absolute Gasteiger partial charge is 0.220 e. The third-order valence-corrected chi connectivity index (χ3v) is 3.16. The molecule has 1 amide bonds. The minimum atomic E-state index is -0.235. The Morgan fingerprint density at radius 1 is 1.25 bits per heavy atom. The first-order chi connectivity index (χ1) is 7.08. The molecule has 0 fully saturated rings. The van der Waals surface area contributed by atoms with Crippen LogP contribution in [0, 0.1) is 16.7 Å². The van der Waals surface area contributed by atoms with E-state index in [0.29, 0.717) is 18.9 Å². The van der Waals surface area contributed by atoms with Gasteiger partial charge in [0, 0.05) is 25.0 Å². The van der Waals surface area contributed by atoms with Crippen LogP contribution in [0.15, 0.2) is 0 Å². The van der Waals surface area contributed by atoms with Crippen LogP contribution in [0.3, 0.4) is 0 Å². The zero-order valence-corrected chi connectivity index (χ0v) is 11.6. The molecule has 1 atom stereocenters. The van der Waals surface area contributed by atoms with Crippen molar-refractivity contribution in [3.63, 3.8) is 0 Å². The van der Waals surface area contributed by atoms with Crippen molar-refractivity contribution >= 4 is 5.91 Å². The number of carbonyl (C=O) groups is 1. The number of hydrogen-bond donors (Lipinski definition) is 2. The van der Waals surface area contributed by atoms with Crippen molar-refractivity contribution in [3.05, 3.63) is 0 Å². The molecule has 0 saturated carbocycles. The standard InChI is InChI=1S/C13H27NO2/c1-10(12(2,3)4)7-11(16)14-8-13(5,6)9-15/h10,15H,7-9H2,1-6H3,(H,14,16). The third-order valence-electron chi connectivity index (χ3n) is 3.16. The van der Waals surface area contributed by atoms with Crippen molar-refractivity contribution in [2.75, 3.05) is 13.2 Å². The summed E-state index contributed by atoms with van der Waals surface area (Å²) in [6.07, 6.45) is 0.547. The molecule has 16 heavy (non-hydrogen) atoms. The SMILES string of the molecule is CC(CC(=O)NCC(C)(C)CO)C(C)(C)C. The molecule has 96 valence electrons. The van der Waals surface area contributed by atoms with Gasteiger partial charge in [-0.15, -0.1) is 0 Å². The van der Waals surface area contributed by atoms with Crippen LogP contribution >= 0.6 is 0 Å². The van der Waals surface area contributed by atoms with Crippen LogP contribution in [-0.4, -0.2) is 24.2 Å². The van der Waals surface area contributed by atoms with Crippen molar-refractivity contribution in [2.45, 2.75) is 48.0 Å². The molecule has 0 spiro atoms. The number of aliphatic hydroxyl groups excluding tert-OH is 1. The minimum absolute atomic E-state index is 0.0731. The van der Waals surface area contributed by atoms with Crippen LogP contribution in [0.4, 0.5) is 0 Å². The Hall–Kier alpha value is -0.570. The molecule has 0 aromatic heterocycles. The maximum absolute atomic E-state index is 11.7. The fraction of sp³-hybridized carbons (Fsp3) is 0.923. The van der Waals surface area contributed by atoms with Crippen LogP contribution in [0.2, 0.25) is 0 Å².